The zero-order valence-electron chi connectivity index (χ0n) is 6.33. The van der Waals surface area contributed by atoms with E-state index in [2.05, 4.69) is 15.0 Å². The van der Waals surface area contributed by atoms with Crippen LogP contribution in [0.15, 0.2) is 16.9 Å². The molecule has 0 spiro atoms. The van der Waals surface area contributed by atoms with Crippen LogP contribution in [0.4, 0.5) is 0 Å². The van der Waals surface area contributed by atoms with Gasteiger partial charge in [0, 0.05) is 26.0 Å². The molecule has 0 unspecified atom stereocenters. The first kappa shape index (κ1) is 7.78. The molecule has 0 saturated carbocycles. The van der Waals surface area contributed by atoms with Crippen molar-refractivity contribution in [3.05, 3.63) is 18.0 Å². The monoisotopic (exact) mass is 154 g/mol. The van der Waals surface area contributed by atoms with E-state index >= 15 is 0 Å². The number of nitrogens with zero attached hydrogens (tertiary/aromatic N) is 1. The highest BCUT2D eigenvalue weighted by molar-refractivity contribution is 5.72. The van der Waals surface area contributed by atoms with Crippen molar-refractivity contribution < 1.29 is 9.32 Å². The van der Waals surface area contributed by atoms with Crippen LogP contribution in [0.5, 0.6) is 0 Å². The van der Waals surface area contributed by atoms with Crippen LogP contribution >= 0.6 is 0 Å². The van der Waals surface area contributed by atoms with Crippen LogP contribution in [-0.4, -0.2) is 17.6 Å². The molecule has 1 heterocycles. The van der Waals surface area contributed by atoms with E-state index in [9.17, 15) is 4.79 Å². The van der Waals surface area contributed by atoms with Crippen LogP contribution in [0.2, 0.25) is 0 Å². The lowest BCUT2D eigenvalue weighted by atomic mass is 10.3. The number of hydrogen-bond donors (Lipinski definition) is 1. The molecule has 0 atom stereocenters. The van der Waals surface area contributed by atoms with Crippen LogP contribution < -0.4 is 5.32 Å². The lowest BCUT2D eigenvalue weighted by molar-refractivity contribution is -0.118. The van der Waals surface area contributed by atoms with Gasteiger partial charge in [0.2, 0.25) is 5.91 Å². The minimum Gasteiger partial charge on any atom is -0.365 e. The van der Waals surface area contributed by atoms with Gasteiger partial charge in [0.1, 0.15) is 6.26 Å². The first-order valence-electron chi connectivity index (χ1n) is 3.43. The van der Waals surface area contributed by atoms with Crippen molar-refractivity contribution in [1.82, 2.24) is 10.5 Å². The van der Waals surface area contributed by atoms with E-state index in [0.29, 0.717) is 6.54 Å². The normalized spacial score (nSPS) is 9.55. The molecule has 4 heteroatoms. The van der Waals surface area contributed by atoms with E-state index in [1.165, 1.54) is 13.2 Å². The Morgan fingerprint density at radius 1 is 1.82 bits per heavy atom. The molecule has 1 aromatic rings. The van der Waals surface area contributed by atoms with Crippen molar-refractivity contribution >= 4 is 5.91 Å². The van der Waals surface area contributed by atoms with Gasteiger partial charge in [-0.2, -0.15) is 0 Å². The second kappa shape index (κ2) is 3.75. The molecule has 1 rings (SSSR count). The molecule has 1 amide bonds. The highest BCUT2D eigenvalue weighted by Crippen LogP contribution is 1.93. The molecule has 1 aromatic heterocycles. The number of rotatable bonds is 3. The first-order chi connectivity index (χ1) is 5.29. The van der Waals surface area contributed by atoms with Crippen LogP contribution in [-0.2, 0) is 11.2 Å². The second-order valence-corrected chi connectivity index (χ2v) is 2.22. The van der Waals surface area contributed by atoms with Crippen molar-refractivity contribution in [3.8, 4) is 0 Å². The number of carbonyl (C=O) groups excluding carboxylic acids is 1. The maximum atomic E-state index is 10.4. The quantitative estimate of drug-likeness (QED) is 0.683. The predicted molar refractivity (Wildman–Crippen MR) is 38.9 cm³/mol. The minimum absolute atomic E-state index is 0.0199. The molecular weight excluding hydrogens is 144 g/mol. The Bertz CT molecular complexity index is 218. The van der Waals surface area contributed by atoms with Gasteiger partial charge in [0.25, 0.3) is 0 Å². The average Bonchev–Trinajstić information content (AvgIpc) is 2.39. The van der Waals surface area contributed by atoms with Crippen molar-refractivity contribution in [2.75, 3.05) is 6.54 Å². The van der Waals surface area contributed by atoms with Crippen molar-refractivity contribution in [3.63, 3.8) is 0 Å². The minimum atomic E-state index is -0.0199. The van der Waals surface area contributed by atoms with Gasteiger partial charge in [-0.25, -0.2) is 0 Å². The van der Waals surface area contributed by atoms with Gasteiger partial charge < -0.3 is 9.84 Å². The third kappa shape index (κ3) is 2.84. The Morgan fingerprint density at radius 3 is 3.18 bits per heavy atom. The van der Waals surface area contributed by atoms with E-state index in [4.69, 9.17) is 0 Å². The lowest BCUT2D eigenvalue weighted by Crippen LogP contribution is -2.22. The van der Waals surface area contributed by atoms with Crippen molar-refractivity contribution in [2.24, 2.45) is 0 Å². The molecule has 0 aliphatic carbocycles. The topological polar surface area (TPSA) is 55.1 Å². The summed E-state index contributed by atoms with van der Waals surface area (Å²) in [6.07, 6.45) is 2.24. The molecule has 4 nitrogen and oxygen atoms in total. The highest BCUT2D eigenvalue weighted by Gasteiger charge is 1.95. The molecule has 1 N–H and O–H groups in total. The summed E-state index contributed by atoms with van der Waals surface area (Å²) < 4.78 is 4.61. The first-order valence-corrected chi connectivity index (χ1v) is 3.43. The standard InChI is InChI=1S/C7H10N2O2/c1-6(10)8-4-2-7-3-5-11-9-7/h3,5H,2,4H2,1H3,(H,8,10). The molecule has 60 valence electrons. The molecule has 0 radical (unpaired) electrons. The molecule has 0 saturated heterocycles. The maximum absolute atomic E-state index is 10.4. The Balaban J connectivity index is 2.19. The average molecular weight is 154 g/mol. The smallest absolute Gasteiger partial charge is 0.216 e. The summed E-state index contributed by atoms with van der Waals surface area (Å²) in [6.45, 7) is 2.10. The number of aromatic nitrogens is 1. The molecule has 0 aliphatic heterocycles. The Hall–Kier alpha value is -1.32. The molecule has 0 aromatic carbocycles. The van der Waals surface area contributed by atoms with Crippen LogP contribution in [0, 0.1) is 0 Å². The van der Waals surface area contributed by atoms with Crippen molar-refractivity contribution in [1.29, 1.82) is 0 Å². The summed E-state index contributed by atoms with van der Waals surface area (Å²) in [5.74, 6) is -0.0199. The predicted octanol–water partition coefficient (Wildman–Crippen LogP) is 0.353. The fourth-order valence-corrected chi connectivity index (χ4v) is 0.733. The zero-order chi connectivity index (χ0) is 8.10. The number of amides is 1. The molecule has 0 fully saturated rings. The highest BCUT2D eigenvalue weighted by atomic mass is 16.5. The molecule has 11 heavy (non-hydrogen) atoms. The van der Waals surface area contributed by atoms with E-state index in [0.717, 1.165) is 12.1 Å². The maximum Gasteiger partial charge on any atom is 0.216 e. The van der Waals surface area contributed by atoms with Gasteiger partial charge in [-0.3, -0.25) is 4.79 Å². The fourth-order valence-electron chi connectivity index (χ4n) is 0.733. The van der Waals surface area contributed by atoms with E-state index in [1.807, 2.05) is 0 Å². The SMILES string of the molecule is CC(=O)NCCc1ccon1. The van der Waals surface area contributed by atoms with Gasteiger partial charge in [0.15, 0.2) is 0 Å². The van der Waals surface area contributed by atoms with Gasteiger partial charge in [0.05, 0.1) is 5.69 Å². The number of carbonyl (C=O) groups is 1. The lowest BCUT2D eigenvalue weighted by Gasteiger charge is -1.96. The molecule has 0 aliphatic rings. The summed E-state index contributed by atoms with van der Waals surface area (Å²) >= 11 is 0. The summed E-state index contributed by atoms with van der Waals surface area (Å²) in [7, 11) is 0. The summed E-state index contributed by atoms with van der Waals surface area (Å²) in [5, 5.41) is 6.35. The van der Waals surface area contributed by atoms with Crippen LogP contribution in [0.1, 0.15) is 12.6 Å². The van der Waals surface area contributed by atoms with Crippen LogP contribution in [0.3, 0.4) is 0 Å². The van der Waals surface area contributed by atoms with Gasteiger partial charge in [-0.15, -0.1) is 0 Å². The van der Waals surface area contributed by atoms with E-state index < -0.39 is 0 Å². The fraction of sp³-hybridized carbons (Fsp3) is 0.429. The Labute approximate surface area is 64.6 Å². The summed E-state index contributed by atoms with van der Waals surface area (Å²) in [6, 6.07) is 1.78. The van der Waals surface area contributed by atoms with Crippen molar-refractivity contribution in [2.45, 2.75) is 13.3 Å². The number of nitrogens with one attached hydrogen (secondary N) is 1. The zero-order valence-corrected chi connectivity index (χ0v) is 6.33. The van der Waals surface area contributed by atoms with Gasteiger partial charge in [-0.05, 0) is 0 Å². The number of hydrogen-bond acceptors (Lipinski definition) is 3. The Morgan fingerprint density at radius 2 is 2.64 bits per heavy atom. The van der Waals surface area contributed by atoms with Crippen LogP contribution in [0.25, 0.3) is 0 Å². The molecule has 0 bridgehead atoms. The third-order valence-corrected chi connectivity index (χ3v) is 1.25. The second-order valence-electron chi connectivity index (χ2n) is 2.22. The molecular formula is C7H10N2O2. The third-order valence-electron chi connectivity index (χ3n) is 1.25. The largest absolute Gasteiger partial charge is 0.365 e. The van der Waals surface area contributed by atoms with E-state index in [1.54, 1.807) is 6.07 Å². The van der Waals surface area contributed by atoms with E-state index in [-0.39, 0.29) is 5.91 Å². The summed E-state index contributed by atoms with van der Waals surface area (Å²) in [4.78, 5) is 10.4. The van der Waals surface area contributed by atoms with Gasteiger partial charge >= 0.3 is 0 Å². The summed E-state index contributed by atoms with van der Waals surface area (Å²) in [5.41, 5.74) is 0.860. The Kier molecular flexibility index (Phi) is 2.66. The van der Waals surface area contributed by atoms with Gasteiger partial charge in [-0.1, -0.05) is 5.16 Å².